The van der Waals surface area contributed by atoms with E-state index in [4.69, 9.17) is 13.9 Å². The summed E-state index contributed by atoms with van der Waals surface area (Å²) in [5, 5.41) is 19.5. The van der Waals surface area contributed by atoms with E-state index in [1.807, 2.05) is 0 Å². The SMILES string of the molecule is COc1cc(O)c2c(O)c(OC)c(=O)oc2c1. The number of hydrogen-bond acceptors (Lipinski definition) is 6. The summed E-state index contributed by atoms with van der Waals surface area (Å²) >= 11 is 0. The molecule has 0 saturated heterocycles. The molecule has 90 valence electrons. The van der Waals surface area contributed by atoms with Gasteiger partial charge in [0.05, 0.1) is 14.2 Å². The Morgan fingerprint density at radius 3 is 2.47 bits per heavy atom. The third-order valence-electron chi connectivity index (χ3n) is 2.33. The summed E-state index contributed by atoms with van der Waals surface area (Å²) < 4.78 is 14.5. The van der Waals surface area contributed by atoms with Gasteiger partial charge in [0.2, 0.25) is 5.75 Å². The summed E-state index contributed by atoms with van der Waals surface area (Å²) in [5.41, 5.74) is -0.810. The second-order valence-electron chi connectivity index (χ2n) is 3.29. The van der Waals surface area contributed by atoms with Crippen molar-refractivity contribution in [3.8, 4) is 23.0 Å². The van der Waals surface area contributed by atoms with Crippen molar-refractivity contribution in [1.82, 2.24) is 0 Å². The van der Waals surface area contributed by atoms with Gasteiger partial charge in [0.15, 0.2) is 5.75 Å². The highest BCUT2D eigenvalue weighted by molar-refractivity contribution is 5.92. The zero-order valence-electron chi connectivity index (χ0n) is 9.18. The van der Waals surface area contributed by atoms with Gasteiger partial charge in [-0.1, -0.05) is 0 Å². The number of phenolic OH excluding ortho intramolecular Hbond substituents is 1. The van der Waals surface area contributed by atoms with Crippen LogP contribution >= 0.6 is 0 Å². The van der Waals surface area contributed by atoms with Crippen LogP contribution < -0.4 is 15.1 Å². The zero-order chi connectivity index (χ0) is 12.6. The van der Waals surface area contributed by atoms with E-state index < -0.39 is 11.4 Å². The van der Waals surface area contributed by atoms with E-state index in [2.05, 4.69) is 0 Å². The van der Waals surface area contributed by atoms with Crippen molar-refractivity contribution >= 4 is 11.0 Å². The number of ether oxygens (including phenoxy) is 2. The molecular formula is C11H10O6. The standard InChI is InChI=1S/C11H10O6/c1-15-5-3-6(12)8-7(4-5)17-11(14)10(16-2)9(8)13/h3-4,12-13H,1-2H3. The lowest BCUT2D eigenvalue weighted by atomic mass is 10.2. The molecule has 0 fully saturated rings. The molecule has 0 bridgehead atoms. The predicted molar refractivity (Wildman–Crippen MR) is 58.9 cm³/mol. The fraction of sp³-hybridized carbons (Fsp3) is 0.182. The first kappa shape index (κ1) is 11.1. The van der Waals surface area contributed by atoms with Crippen LogP contribution in [0, 0.1) is 0 Å². The van der Waals surface area contributed by atoms with Gasteiger partial charge < -0.3 is 24.1 Å². The number of phenols is 1. The summed E-state index contributed by atoms with van der Waals surface area (Å²) in [6.07, 6.45) is 0. The summed E-state index contributed by atoms with van der Waals surface area (Å²) in [4.78, 5) is 11.4. The van der Waals surface area contributed by atoms with Gasteiger partial charge in [-0.05, 0) is 0 Å². The molecule has 6 nitrogen and oxygen atoms in total. The quantitative estimate of drug-likeness (QED) is 0.764. The predicted octanol–water partition coefficient (Wildman–Crippen LogP) is 1.22. The Kier molecular flexibility index (Phi) is 2.55. The summed E-state index contributed by atoms with van der Waals surface area (Å²) in [6, 6.07) is 2.68. The first-order chi connectivity index (χ1) is 8.08. The van der Waals surface area contributed by atoms with E-state index in [9.17, 15) is 15.0 Å². The molecule has 17 heavy (non-hydrogen) atoms. The van der Waals surface area contributed by atoms with Crippen LogP contribution in [-0.4, -0.2) is 24.4 Å². The lowest BCUT2D eigenvalue weighted by Crippen LogP contribution is -2.04. The van der Waals surface area contributed by atoms with Crippen LogP contribution in [0.4, 0.5) is 0 Å². The third-order valence-corrected chi connectivity index (χ3v) is 2.33. The molecule has 2 aromatic rings. The molecule has 0 aliphatic rings. The number of benzene rings is 1. The van der Waals surface area contributed by atoms with E-state index in [-0.39, 0.29) is 22.5 Å². The van der Waals surface area contributed by atoms with E-state index in [1.165, 1.54) is 26.4 Å². The average molecular weight is 238 g/mol. The molecular weight excluding hydrogens is 228 g/mol. The molecule has 0 spiro atoms. The molecule has 0 aliphatic heterocycles. The van der Waals surface area contributed by atoms with Gasteiger partial charge in [-0.2, -0.15) is 0 Å². The summed E-state index contributed by atoms with van der Waals surface area (Å²) in [6.45, 7) is 0. The molecule has 1 aromatic carbocycles. The van der Waals surface area contributed by atoms with E-state index in [0.29, 0.717) is 5.75 Å². The summed E-state index contributed by atoms with van der Waals surface area (Å²) in [7, 11) is 2.63. The van der Waals surface area contributed by atoms with Gasteiger partial charge in [0, 0.05) is 12.1 Å². The van der Waals surface area contributed by atoms with Crippen molar-refractivity contribution in [3.05, 3.63) is 22.6 Å². The van der Waals surface area contributed by atoms with Crippen LogP contribution in [0.3, 0.4) is 0 Å². The highest BCUT2D eigenvalue weighted by Gasteiger charge is 2.18. The number of hydrogen-bond donors (Lipinski definition) is 2. The van der Waals surface area contributed by atoms with Crippen LogP contribution in [0.15, 0.2) is 21.3 Å². The lowest BCUT2D eigenvalue weighted by Gasteiger charge is -2.08. The van der Waals surface area contributed by atoms with Crippen molar-refractivity contribution in [2.24, 2.45) is 0 Å². The van der Waals surface area contributed by atoms with Crippen LogP contribution in [-0.2, 0) is 0 Å². The van der Waals surface area contributed by atoms with Crippen LogP contribution in [0.1, 0.15) is 0 Å². The average Bonchev–Trinajstić information content (AvgIpc) is 2.28. The van der Waals surface area contributed by atoms with E-state index in [1.54, 1.807) is 0 Å². The number of fused-ring (bicyclic) bond motifs is 1. The molecule has 1 heterocycles. The molecule has 2 rings (SSSR count). The van der Waals surface area contributed by atoms with E-state index >= 15 is 0 Å². The number of aromatic hydroxyl groups is 2. The molecule has 0 amide bonds. The minimum absolute atomic E-state index is 0.00208. The monoisotopic (exact) mass is 238 g/mol. The number of rotatable bonds is 2. The van der Waals surface area contributed by atoms with Crippen molar-refractivity contribution in [1.29, 1.82) is 0 Å². The molecule has 0 saturated carbocycles. The third kappa shape index (κ3) is 1.63. The van der Waals surface area contributed by atoms with Crippen molar-refractivity contribution in [2.45, 2.75) is 0 Å². The van der Waals surface area contributed by atoms with Crippen molar-refractivity contribution < 1.29 is 24.1 Å². The largest absolute Gasteiger partial charge is 0.507 e. The second kappa shape index (κ2) is 3.89. The van der Waals surface area contributed by atoms with E-state index in [0.717, 1.165) is 0 Å². The Balaban J connectivity index is 2.91. The maximum Gasteiger partial charge on any atom is 0.383 e. The first-order valence-corrected chi connectivity index (χ1v) is 4.69. The Morgan fingerprint density at radius 2 is 1.88 bits per heavy atom. The summed E-state index contributed by atoms with van der Waals surface area (Å²) in [5.74, 6) is -0.765. The van der Waals surface area contributed by atoms with Gasteiger partial charge in [-0.3, -0.25) is 0 Å². The maximum atomic E-state index is 11.4. The van der Waals surface area contributed by atoms with Gasteiger partial charge in [0.1, 0.15) is 22.5 Å². The Hall–Kier alpha value is -2.37. The highest BCUT2D eigenvalue weighted by atomic mass is 16.5. The molecule has 1 aromatic heterocycles. The molecule has 0 aliphatic carbocycles. The molecule has 0 unspecified atom stereocenters. The van der Waals surface area contributed by atoms with Gasteiger partial charge >= 0.3 is 5.63 Å². The Labute approximate surface area is 95.6 Å². The van der Waals surface area contributed by atoms with Crippen LogP contribution in [0.25, 0.3) is 11.0 Å². The minimum Gasteiger partial charge on any atom is -0.507 e. The van der Waals surface area contributed by atoms with Gasteiger partial charge in [-0.15, -0.1) is 0 Å². The molecule has 6 heteroatoms. The van der Waals surface area contributed by atoms with Crippen molar-refractivity contribution in [2.75, 3.05) is 14.2 Å². The minimum atomic E-state index is -0.829. The van der Waals surface area contributed by atoms with Gasteiger partial charge in [0.25, 0.3) is 0 Å². The lowest BCUT2D eigenvalue weighted by molar-refractivity contribution is 0.349. The first-order valence-electron chi connectivity index (χ1n) is 4.69. The number of methoxy groups -OCH3 is 2. The smallest absolute Gasteiger partial charge is 0.383 e. The zero-order valence-corrected chi connectivity index (χ0v) is 9.18. The Morgan fingerprint density at radius 1 is 1.18 bits per heavy atom. The second-order valence-corrected chi connectivity index (χ2v) is 3.29. The van der Waals surface area contributed by atoms with Crippen LogP contribution in [0.5, 0.6) is 23.0 Å². The van der Waals surface area contributed by atoms with Gasteiger partial charge in [-0.25, -0.2) is 4.79 Å². The van der Waals surface area contributed by atoms with Crippen LogP contribution in [0.2, 0.25) is 0 Å². The normalized spacial score (nSPS) is 10.5. The topological polar surface area (TPSA) is 89.1 Å². The highest BCUT2D eigenvalue weighted by Crippen LogP contribution is 2.39. The molecule has 0 atom stereocenters. The molecule has 2 N–H and O–H groups in total. The maximum absolute atomic E-state index is 11.4. The molecule has 0 radical (unpaired) electrons. The fourth-order valence-corrected chi connectivity index (χ4v) is 1.55. The fourth-order valence-electron chi connectivity index (χ4n) is 1.55. The Bertz CT molecular complexity index is 628. The van der Waals surface area contributed by atoms with Crippen molar-refractivity contribution in [3.63, 3.8) is 0 Å².